The fourth-order valence-corrected chi connectivity index (χ4v) is 8.58. The van der Waals surface area contributed by atoms with E-state index in [0.717, 1.165) is 23.7 Å². The zero-order valence-corrected chi connectivity index (χ0v) is 17.1. The summed E-state index contributed by atoms with van der Waals surface area (Å²) >= 11 is 0. The van der Waals surface area contributed by atoms with Gasteiger partial charge in [-0.15, -0.1) is 0 Å². The average molecular weight is 359 g/mol. The van der Waals surface area contributed by atoms with E-state index < -0.39 is 0 Å². The summed E-state index contributed by atoms with van der Waals surface area (Å²) in [6, 6.07) is 13.9. The molecule has 0 N–H and O–H groups in total. The molecule has 3 fully saturated rings. The van der Waals surface area contributed by atoms with Crippen molar-refractivity contribution in [3.8, 4) is 0 Å². The van der Waals surface area contributed by atoms with E-state index in [0.29, 0.717) is 10.8 Å². The van der Waals surface area contributed by atoms with Gasteiger partial charge >= 0.3 is 0 Å². The van der Waals surface area contributed by atoms with Crippen molar-refractivity contribution in [3.63, 3.8) is 0 Å². The predicted molar refractivity (Wildman–Crippen MR) is 114 cm³/mol. The number of rotatable bonds is 0. The lowest BCUT2D eigenvalue weighted by Crippen LogP contribution is -2.53. The van der Waals surface area contributed by atoms with Gasteiger partial charge in [0, 0.05) is 0 Å². The number of hydrogen-bond donors (Lipinski definition) is 0. The van der Waals surface area contributed by atoms with E-state index in [4.69, 9.17) is 0 Å². The molecule has 0 heterocycles. The van der Waals surface area contributed by atoms with Gasteiger partial charge in [0.25, 0.3) is 0 Å². The summed E-state index contributed by atoms with van der Waals surface area (Å²) in [4.78, 5) is 0. The Morgan fingerprint density at radius 1 is 0.852 bits per heavy atom. The number of benzene rings is 2. The van der Waals surface area contributed by atoms with Crippen molar-refractivity contribution in [3.05, 3.63) is 47.5 Å². The van der Waals surface area contributed by atoms with Gasteiger partial charge in [-0.3, -0.25) is 0 Å². The molecule has 0 amide bonds. The van der Waals surface area contributed by atoms with Gasteiger partial charge in [0.1, 0.15) is 0 Å². The van der Waals surface area contributed by atoms with E-state index >= 15 is 0 Å². The summed E-state index contributed by atoms with van der Waals surface area (Å²) in [6.07, 6.45) is 13.2. The van der Waals surface area contributed by atoms with Crippen LogP contribution in [0, 0.1) is 34.5 Å². The van der Waals surface area contributed by atoms with Gasteiger partial charge in [0.2, 0.25) is 0 Å². The third-order valence-electron chi connectivity index (χ3n) is 10.0. The van der Waals surface area contributed by atoms with Crippen LogP contribution < -0.4 is 0 Å². The second-order valence-corrected chi connectivity index (χ2v) is 11.0. The first-order valence-corrected chi connectivity index (χ1v) is 11.6. The second kappa shape index (κ2) is 5.62. The normalized spacial score (nSPS) is 42.9. The van der Waals surface area contributed by atoms with Crippen LogP contribution in [0.1, 0.15) is 69.9 Å². The molecule has 142 valence electrons. The lowest BCUT2D eigenvalue weighted by atomic mass is 9.45. The Balaban J connectivity index is 1.41. The molecule has 6 rings (SSSR count). The summed E-state index contributed by atoms with van der Waals surface area (Å²) < 4.78 is 0. The van der Waals surface area contributed by atoms with Gasteiger partial charge in [0.05, 0.1) is 0 Å². The van der Waals surface area contributed by atoms with Crippen molar-refractivity contribution in [1.82, 2.24) is 0 Å². The molecule has 0 saturated heterocycles. The van der Waals surface area contributed by atoms with Crippen LogP contribution in [-0.4, -0.2) is 0 Å². The molecule has 0 spiro atoms. The Labute approximate surface area is 164 Å². The Hall–Kier alpha value is -1.30. The fourth-order valence-electron chi connectivity index (χ4n) is 8.58. The smallest absolute Gasteiger partial charge is 0.0149 e. The lowest BCUT2D eigenvalue weighted by Gasteiger charge is -2.60. The standard InChI is InChI=1S/C27H34/c1-26-14-5-8-24(26)22-12-11-20-16-23-19(17-27(20,2)25(22)13-15-26)10-9-18-6-3-4-7-21(18)23/h3-4,6-7,9-10,20,22,24-25H,5,8,11-17H2,1-2H3/t20-,22?,24?,25?,26-,27-/m0/s1. The third-order valence-corrected chi connectivity index (χ3v) is 10.0. The second-order valence-electron chi connectivity index (χ2n) is 11.0. The molecule has 0 aromatic heterocycles. The third kappa shape index (κ3) is 2.22. The number of fused-ring (bicyclic) bond motifs is 8. The van der Waals surface area contributed by atoms with Crippen LogP contribution in [0.5, 0.6) is 0 Å². The van der Waals surface area contributed by atoms with Crippen LogP contribution in [0.15, 0.2) is 36.4 Å². The molecule has 0 heteroatoms. The highest BCUT2D eigenvalue weighted by molar-refractivity contribution is 5.87. The summed E-state index contributed by atoms with van der Waals surface area (Å²) in [6.45, 7) is 5.34. The van der Waals surface area contributed by atoms with Crippen molar-refractivity contribution >= 4 is 10.8 Å². The molecule has 3 unspecified atom stereocenters. The van der Waals surface area contributed by atoms with E-state index in [1.165, 1.54) is 68.6 Å². The molecule has 0 aliphatic heterocycles. The molecule has 2 aromatic carbocycles. The van der Waals surface area contributed by atoms with E-state index in [1.54, 1.807) is 11.1 Å². The van der Waals surface area contributed by atoms with Crippen LogP contribution in [0.25, 0.3) is 10.8 Å². The summed E-state index contributed by atoms with van der Waals surface area (Å²) in [7, 11) is 0. The summed E-state index contributed by atoms with van der Waals surface area (Å²) in [5, 5.41) is 2.97. The van der Waals surface area contributed by atoms with Crippen molar-refractivity contribution in [1.29, 1.82) is 0 Å². The Kier molecular flexibility index (Phi) is 3.46. The van der Waals surface area contributed by atoms with Crippen LogP contribution in [-0.2, 0) is 12.8 Å². The minimum absolute atomic E-state index is 0.544. The summed E-state index contributed by atoms with van der Waals surface area (Å²) in [5.74, 6) is 3.94. The topological polar surface area (TPSA) is 0 Å². The van der Waals surface area contributed by atoms with Gasteiger partial charge in [-0.2, -0.15) is 0 Å². The van der Waals surface area contributed by atoms with Gasteiger partial charge in [-0.25, -0.2) is 0 Å². The van der Waals surface area contributed by atoms with Crippen molar-refractivity contribution in [2.75, 3.05) is 0 Å². The SMILES string of the molecule is C[C@@]12CCCC1C1CC[C@H]3Cc4c(ccc5ccccc45)C[C@]3(C)C1CC2. The first kappa shape index (κ1) is 16.6. The maximum Gasteiger partial charge on any atom is -0.0149 e. The first-order valence-electron chi connectivity index (χ1n) is 11.6. The predicted octanol–water partition coefficient (Wildman–Crippen LogP) is 7.19. The molecular formula is C27H34. The minimum Gasteiger partial charge on any atom is -0.0616 e. The van der Waals surface area contributed by atoms with Gasteiger partial charge < -0.3 is 0 Å². The molecule has 4 aliphatic rings. The van der Waals surface area contributed by atoms with Crippen LogP contribution in [0.3, 0.4) is 0 Å². The summed E-state index contributed by atoms with van der Waals surface area (Å²) in [5.41, 5.74) is 4.60. The molecule has 4 aliphatic carbocycles. The Bertz CT molecular complexity index is 894. The Morgan fingerprint density at radius 3 is 2.67 bits per heavy atom. The van der Waals surface area contributed by atoms with Crippen molar-refractivity contribution in [2.24, 2.45) is 34.5 Å². The van der Waals surface area contributed by atoms with E-state index in [2.05, 4.69) is 50.2 Å². The quantitative estimate of drug-likeness (QED) is 0.467. The molecule has 0 nitrogen and oxygen atoms in total. The highest BCUT2D eigenvalue weighted by Crippen LogP contribution is 2.65. The van der Waals surface area contributed by atoms with Gasteiger partial charge in [0.15, 0.2) is 0 Å². The van der Waals surface area contributed by atoms with Gasteiger partial charge in [-0.05, 0) is 108 Å². The highest BCUT2D eigenvalue weighted by Gasteiger charge is 2.57. The van der Waals surface area contributed by atoms with Crippen LogP contribution >= 0.6 is 0 Å². The van der Waals surface area contributed by atoms with E-state index in [9.17, 15) is 0 Å². The monoisotopic (exact) mass is 358 g/mol. The molecule has 3 saturated carbocycles. The zero-order valence-electron chi connectivity index (χ0n) is 17.1. The number of hydrogen-bond acceptors (Lipinski definition) is 0. The largest absolute Gasteiger partial charge is 0.0616 e. The van der Waals surface area contributed by atoms with Crippen LogP contribution in [0.2, 0.25) is 0 Å². The molecule has 2 aromatic rings. The molecule has 0 radical (unpaired) electrons. The molecular weight excluding hydrogens is 324 g/mol. The molecule has 27 heavy (non-hydrogen) atoms. The van der Waals surface area contributed by atoms with Gasteiger partial charge in [-0.1, -0.05) is 56.7 Å². The van der Waals surface area contributed by atoms with E-state index in [1.807, 2.05) is 0 Å². The van der Waals surface area contributed by atoms with Crippen molar-refractivity contribution in [2.45, 2.75) is 71.6 Å². The van der Waals surface area contributed by atoms with E-state index in [-0.39, 0.29) is 0 Å². The fraction of sp³-hybridized carbons (Fsp3) is 0.630. The van der Waals surface area contributed by atoms with Crippen LogP contribution in [0.4, 0.5) is 0 Å². The first-order chi connectivity index (χ1) is 13.1. The zero-order chi connectivity index (χ0) is 18.2. The maximum absolute atomic E-state index is 2.70. The minimum atomic E-state index is 0.544. The average Bonchev–Trinajstić information content (AvgIpc) is 3.08. The molecule has 0 bridgehead atoms. The van der Waals surface area contributed by atoms with Crippen molar-refractivity contribution < 1.29 is 0 Å². The maximum atomic E-state index is 2.70. The highest BCUT2D eigenvalue weighted by atomic mass is 14.6. The molecule has 6 atom stereocenters. The Morgan fingerprint density at radius 2 is 1.74 bits per heavy atom. The lowest BCUT2D eigenvalue weighted by molar-refractivity contribution is -0.0898.